The molecule has 1 aromatic rings. The Morgan fingerprint density at radius 2 is 2.06 bits per heavy atom. The molecule has 0 saturated carbocycles. The van der Waals surface area contributed by atoms with E-state index >= 15 is 0 Å². The summed E-state index contributed by atoms with van der Waals surface area (Å²) in [6, 6.07) is 7.65. The lowest BCUT2D eigenvalue weighted by atomic mass is 10.2. The van der Waals surface area contributed by atoms with Gasteiger partial charge in [0.15, 0.2) is 0 Å². The van der Waals surface area contributed by atoms with Crippen LogP contribution in [0.4, 0.5) is 5.69 Å². The van der Waals surface area contributed by atoms with Gasteiger partial charge in [0.25, 0.3) is 10.1 Å². The molecule has 1 rings (SSSR count). The van der Waals surface area contributed by atoms with Crippen LogP contribution in [0.1, 0.15) is 20.3 Å². The molecule has 0 aliphatic carbocycles. The third-order valence-corrected chi connectivity index (χ3v) is 3.60. The molecule has 0 fully saturated rings. The minimum Gasteiger partial charge on any atom is -0.369 e. The molecule has 0 spiro atoms. The first-order valence-electron chi connectivity index (χ1n) is 5.77. The zero-order valence-corrected chi connectivity index (χ0v) is 12.1. The average molecular weight is 292 g/mol. The van der Waals surface area contributed by atoms with Crippen LogP contribution >= 0.6 is 11.6 Å². The van der Waals surface area contributed by atoms with E-state index in [1.165, 1.54) is 0 Å². The molecule has 0 atom stereocenters. The Kier molecular flexibility index (Phi) is 5.44. The molecule has 18 heavy (non-hydrogen) atoms. The topological polar surface area (TPSA) is 57.6 Å². The van der Waals surface area contributed by atoms with Crippen molar-refractivity contribution < 1.29 is 13.0 Å². The van der Waals surface area contributed by atoms with Gasteiger partial charge in [0.1, 0.15) is 0 Å². The van der Waals surface area contributed by atoms with Gasteiger partial charge in [-0.25, -0.2) is 0 Å². The molecule has 4 nitrogen and oxygen atoms in total. The van der Waals surface area contributed by atoms with Gasteiger partial charge in [0, 0.05) is 23.3 Å². The minimum absolute atomic E-state index is 0.225. The molecule has 0 unspecified atom stereocenters. The third kappa shape index (κ3) is 5.25. The summed E-state index contributed by atoms with van der Waals surface area (Å²) < 4.78 is 30.1. The van der Waals surface area contributed by atoms with E-state index in [0.29, 0.717) is 18.0 Å². The van der Waals surface area contributed by atoms with Crippen LogP contribution in [0.5, 0.6) is 0 Å². The van der Waals surface area contributed by atoms with E-state index in [4.69, 9.17) is 16.2 Å². The van der Waals surface area contributed by atoms with Crippen LogP contribution in [0, 0.1) is 0 Å². The van der Waals surface area contributed by atoms with E-state index in [2.05, 4.69) is 4.90 Å². The zero-order chi connectivity index (χ0) is 13.8. The van der Waals surface area contributed by atoms with E-state index in [1.54, 1.807) is 6.07 Å². The highest BCUT2D eigenvalue weighted by molar-refractivity contribution is 7.85. The van der Waals surface area contributed by atoms with E-state index in [9.17, 15) is 8.42 Å². The molecular weight excluding hydrogens is 274 g/mol. The Hall–Kier alpha value is -0.780. The fraction of sp³-hybridized carbons (Fsp3) is 0.500. The second-order valence-electron chi connectivity index (χ2n) is 4.41. The molecule has 0 aliphatic heterocycles. The van der Waals surface area contributed by atoms with Crippen molar-refractivity contribution in [2.75, 3.05) is 17.2 Å². The summed E-state index contributed by atoms with van der Waals surface area (Å²) >= 11 is 5.94. The van der Waals surface area contributed by atoms with Crippen LogP contribution in [0.15, 0.2) is 24.3 Å². The molecule has 0 aliphatic rings. The first-order chi connectivity index (χ1) is 8.29. The Morgan fingerprint density at radius 1 is 1.39 bits per heavy atom. The average Bonchev–Trinajstić information content (AvgIpc) is 2.22. The van der Waals surface area contributed by atoms with Gasteiger partial charge in [0.05, 0.1) is 5.75 Å². The lowest BCUT2D eigenvalue weighted by Crippen LogP contribution is -2.32. The van der Waals surface area contributed by atoms with Crippen molar-refractivity contribution in [1.82, 2.24) is 0 Å². The zero-order valence-electron chi connectivity index (χ0n) is 10.5. The maximum absolute atomic E-state index is 10.7. The summed E-state index contributed by atoms with van der Waals surface area (Å²) in [7, 11) is -3.89. The standard InChI is InChI=1S/C12H18ClNO3S/c1-10(2)14(7-4-8-18(15,16)17)12-6-3-5-11(13)9-12/h3,5-6,9-10H,4,7-8H2,1-2H3,(H,15,16,17). The molecule has 0 bridgehead atoms. The van der Waals surface area contributed by atoms with Crippen molar-refractivity contribution in [3.63, 3.8) is 0 Å². The maximum atomic E-state index is 10.7. The highest BCUT2D eigenvalue weighted by Gasteiger charge is 2.12. The number of benzene rings is 1. The molecule has 1 aromatic carbocycles. The molecule has 102 valence electrons. The SMILES string of the molecule is CC(C)N(CCCS(=O)(=O)O)c1cccc(Cl)c1. The minimum atomic E-state index is -3.89. The van der Waals surface area contributed by atoms with Crippen LogP contribution in [0.2, 0.25) is 5.02 Å². The first-order valence-corrected chi connectivity index (χ1v) is 7.75. The third-order valence-electron chi connectivity index (χ3n) is 2.56. The number of rotatable bonds is 6. The molecule has 0 amide bonds. The van der Waals surface area contributed by atoms with Gasteiger partial charge in [0.2, 0.25) is 0 Å². The molecule has 0 aromatic heterocycles. The van der Waals surface area contributed by atoms with E-state index in [0.717, 1.165) is 5.69 Å². The molecule has 0 heterocycles. The summed E-state index contributed by atoms with van der Waals surface area (Å²) in [4.78, 5) is 2.05. The number of halogens is 1. The van der Waals surface area contributed by atoms with Gasteiger partial charge in [-0.3, -0.25) is 4.55 Å². The van der Waals surface area contributed by atoms with Crippen molar-refractivity contribution in [2.45, 2.75) is 26.3 Å². The Balaban J connectivity index is 2.72. The lowest BCUT2D eigenvalue weighted by Gasteiger charge is -2.29. The number of anilines is 1. The second kappa shape index (κ2) is 6.41. The van der Waals surface area contributed by atoms with Gasteiger partial charge < -0.3 is 4.90 Å². The predicted molar refractivity (Wildman–Crippen MR) is 75.0 cm³/mol. The van der Waals surface area contributed by atoms with Crippen molar-refractivity contribution >= 4 is 27.4 Å². The fourth-order valence-electron chi connectivity index (χ4n) is 1.76. The van der Waals surface area contributed by atoms with Crippen LogP contribution in [0.3, 0.4) is 0 Å². The summed E-state index contributed by atoms with van der Waals surface area (Å²) in [5, 5.41) is 0.646. The second-order valence-corrected chi connectivity index (χ2v) is 6.42. The number of hydrogen-bond donors (Lipinski definition) is 1. The van der Waals surface area contributed by atoms with Gasteiger partial charge in [-0.1, -0.05) is 17.7 Å². The maximum Gasteiger partial charge on any atom is 0.264 e. The highest BCUT2D eigenvalue weighted by atomic mass is 35.5. The van der Waals surface area contributed by atoms with Crippen LogP contribution in [0.25, 0.3) is 0 Å². The summed E-state index contributed by atoms with van der Waals surface area (Å²) in [6.45, 7) is 4.60. The first kappa shape index (κ1) is 15.3. The Morgan fingerprint density at radius 3 is 2.56 bits per heavy atom. The number of hydrogen-bond acceptors (Lipinski definition) is 3. The normalized spacial score (nSPS) is 11.8. The van der Waals surface area contributed by atoms with Gasteiger partial charge in [-0.05, 0) is 38.5 Å². The van der Waals surface area contributed by atoms with E-state index < -0.39 is 10.1 Å². The molecule has 1 N–H and O–H groups in total. The van der Waals surface area contributed by atoms with Crippen LogP contribution in [-0.2, 0) is 10.1 Å². The van der Waals surface area contributed by atoms with E-state index in [-0.39, 0.29) is 11.8 Å². The molecule has 6 heteroatoms. The predicted octanol–water partition coefficient (Wildman–Crippen LogP) is 2.83. The fourth-order valence-corrected chi connectivity index (χ4v) is 2.44. The number of nitrogens with zero attached hydrogens (tertiary/aromatic N) is 1. The van der Waals surface area contributed by atoms with Crippen molar-refractivity contribution in [2.24, 2.45) is 0 Å². The van der Waals surface area contributed by atoms with Crippen LogP contribution in [-0.4, -0.2) is 31.3 Å². The quantitative estimate of drug-likeness (QED) is 0.819. The van der Waals surface area contributed by atoms with Gasteiger partial charge in [-0.15, -0.1) is 0 Å². The monoisotopic (exact) mass is 291 g/mol. The lowest BCUT2D eigenvalue weighted by molar-refractivity contribution is 0.480. The largest absolute Gasteiger partial charge is 0.369 e. The summed E-state index contributed by atoms with van der Waals surface area (Å²) in [6.07, 6.45) is 0.378. The van der Waals surface area contributed by atoms with Crippen LogP contribution < -0.4 is 4.90 Å². The van der Waals surface area contributed by atoms with Crippen molar-refractivity contribution in [1.29, 1.82) is 0 Å². The van der Waals surface area contributed by atoms with Gasteiger partial charge in [-0.2, -0.15) is 8.42 Å². The highest BCUT2D eigenvalue weighted by Crippen LogP contribution is 2.21. The Labute approximate surface area is 113 Å². The van der Waals surface area contributed by atoms with E-state index in [1.807, 2.05) is 32.0 Å². The van der Waals surface area contributed by atoms with Gasteiger partial charge >= 0.3 is 0 Å². The molecule has 0 saturated heterocycles. The molecular formula is C12H18ClNO3S. The smallest absolute Gasteiger partial charge is 0.264 e. The Bertz CT molecular complexity index is 488. The summed E-state index contributed by atoms with van der Waals surface area (Å²) in [5.41, 5.74) is 0.952. The van der Waals surface area contributed by atoms with Crippen molar-refractivity contribution in [3.8, 4) is 0 Å². The molecule has 0 radical (unpaired) electrons. The van der Waals surface area contributed by atoms with Crippen molar-refractivity contribution in [3.05, 3.63) is 29.3 Å². The summed E-state index contributed by atoms with van der Waals surface area (Å²) in [5.74, 6) is -0.225.